The highest BCUT2D eigenvalue weighted by atomic mass is 14.9. The minimum Gasteiger partial charge on any atom is -0.314 e. The zero-order valence-electron chi connectivity index (χ0n) is 12.3. The molecule has 1 heterocycles. The van der Waals surface area contributed by atoms with Crippen LogP contribution in [-0.4, -0.2) is 12.6 Å². The zero-order valence-corrected chi connectivity index (χ0v) is 12.3. The van der Waals surface area contributed by atoms with Gasteiger partial charge in [0.2, 0.25) is 0 Å². The van der Waals surface area contributed by atoms with Crippen molar-refractivity contribution in [3.8, 4) is 0 Å². The summed E-state index contributed by atoms with van der Waals surface area (Å²) in [6.45, 7) is 3.57. The van der Waals surface area contributed by atoms with Crippen molar-refractivity contribution in [3.63, 3.8) is 0 Å². The lowest BCUT2D eigenvalue weighted by Crippen LogP contribution is -2.38. The first-order valence-electron chi connectivity index (χ1n) is 8.19. The van der Waals surface area contributed by atoms with Gasteiger partial charge in [-0.3, -0.25) is 0 Å². The summed E-state index contributed by atoms with van der Waals surface area (Å²) in [6, 6.07) is 7.97. The second-order valence-electron chi connectivity index (χ2n) is 6.44. The Hall–Kier alpha value is -0.820. The predicted molar refractivity (Wildman–Crippen MR) is 81.6 cm³/mol. The van der Waals surface area contributed by atoms with Crippen molar-refractivity contribution in [2.24, 2.45) is 5.92 Å². The molecule has 1 aliphatic heterocycles. The smallest absolute Gasteiger partial charge is 0.00728 e. The van der Waals surface area contributed by atoms with Gasteiger partial charge in [0, 0.05) is 6.04 Å². The first-order valence-corrected chi connectivity index (χ1v) is 8.19. The van der Waals surface area contributed by atoms with E-state index in [1.165, 1.54) is 57.9 Å². The molecule has 0 amide bonds. The van der Waals surface area contributed by atoms with E-state index in [9.17, 15) is 0 Å². The molecule has 2 unspecified atom stereocenters. The van der Waals surface area contributed by atoms with Crippen LogP contribution in [-0.2, 0) is 19.3 Å². The van der Waals surface area contributed by atoms with Crippen molar-refractivity contribution in [3.05, 3.63) is 34.9 Å². The van der Waals surface area contributed by atoms with Crippen LogP contribution < -0.4 is 5.32 Å². The molecule has 2 atom stereocenters. The third-order valence-corrected chi connectivity index (χ3v) is 5.13. The van der Waals surface area contributed by atoms with Crippen LogP contribution in [0.2, 0.25) is 0 Å². The van der Waals surface area contributed by atoms with Crippen molar-refractivity contribution < 1.29 is 0 Å². The number of aryl methyl sites for hydroxylation is 3. The van der Waals surface area contributed by atoms with E-state index in [1.54, 1.807) is 16.7 Å². The minimum absolute atomic E-state index is 0.756. The molecule has 1 aromatic rings. The van der Waals surface area contributed by atoms with Crippen LogP contribution in [0.5, 0.6) is 0 Å². The van der Waals surface area contributed by atoms with E-state index in [2.05, 4.69) is 30.4 Å². The molecule has 1 N–H and O–H groups in total. The summed E-state index contributed by atoms with van der Waals surface area (Å²) in [7, 11) is 0. The number of rotatable bonds is 4. The molecule has 0 aromatic heterocycles. The van der Waals surface area contributed by atoms with Crippen molar-refractivity contribution >= 4 is 0 Å². The van der Waals surface area contributed by atoms with Crippen molar-refractivity contribution in [2.75, 3.05) is 6.54 Å². The third-order valence-electron chi connectivity index (χ3n) is 5.13. The number of piperidine rings is 1. The Morgan fingerprint density at radius 2 is 2.11 bits per heavy atom. The number of hydrogen-bond donors (Lipinski definition) is 1. The lowest BCUT2D eigenvalue weighted by Gasteiger charge is -2.29. The van der Waals surface area contributed by atoms with Crippen LogP contribution in [0.25, 0.3) is 0 Å². The molecule has 0 spiro atoms. The Labute approximate surface area is 117 Å². The Morgan fingerprint density at radius 1 is 1.21 bits per heavy atom. The second kappa shape index (κ2) is 6.09. The molecule has 1 heteroatoms. The van der Waals surface area contributed by atoms with Gasteiger partial charge in [-0.25, -0.2) is 0 Å². The van der Waals surface area contributed by atoms with E-state index in [0.717, 1.165) is 12.0 Å². The van der Waals surface area contributed by atoms with Gasteiger partial charge in [0.15, 0.2) is 0 Å². The molecular formula is C18H27N. The number of nitrogens with one attached hydrogen (secondary N) is 1. The van der Waals surface area contributed by atoms with E-state index >= 15 is 0 Å². The molecule has 0 bridgehead atoms. The monoisotopic (exact) mass is 257 g/mol. The number of benzene rings is 1. The summed E-state index contributed by atoms with van der Waals surface area (Å²) in [4.78, 5) is 0. The third kappa shape index (κ3) is 3.20. The van der Waals surface area contributed by atoms with Crippen LogP contribution in [0.15, 0.2) is 18.2 Å². The summed E-state index contributed by atoms with van der Waals surface area (Å²) in [6.07, 6.45) is 10.7. The van der Waals surface area contributed by atoms with E-state index in [4.69, 9.17) is 0 Å². The molecular weight excluding hydrogens is 230 g/mol. The lowest BCUT2D eigenvalue weighted by atomic mass is 9.88. The van der Waals surface area contributed by atoms with Gasteiger partial charge in [0.1, 0.15) is 0 Å². The first-order chi connectivity index (χ1) is 9.35. The molecule has 1 aromatic carbocycles. The molecule has 104 valence electrons. The van der Waals surface area contributed by atoms with Gasteiger partial charge < -0.3 is 5.32 Å². The summed E-state index contributed by atoms with van der Waals surface area (Å²) < 4.78 is 0. The van der Waals surface area contributed by atoms with Crippen molar-refractivity contribution in [2.45, 2.75) is 64.3 Å². The summed E-state index contributed by atoms with van der Waals surface area (Å²) >= 11 is 0. The van der Waals surface area contributed by atoms with Crippen LogP contribution in [0.4, 0.5) is 0 Å². The maximum Gasteiger partial charge on any atom is 0.00728 e. The number of fused-ring (bicyclic) bond motifs is 1. The SMILES string of the molecule is CCC1CCNC(CCc2ccc3c(c2)CCC3)C1. The highest BCUT2D eigenvalue weighted by Crippen LogP contribution is 2.25. The molecule has 0 radical (unpaired) electrons. The standard InChI is InChI=1S/C18H27N/c1-2-14-10-11-19-18(13-14)9-7-15-6-8-16-4-3-5-17(16)12-15/h6,8,12,14,18-19H,2-5,7,9-11,13H2,1H3. The highest BCUT2D eigenvalue weighted by molar-refractivity contribution is 5.35. The van der Waals surface area contributed by atoms with Gasteiger partial charge in [-0.2, -0.15) is 0 Å². The van der Waals surface area contributed by atoms with E-state index in [1.807, 2.05) is 0 Å². The molecule has 2 aliphatic rings. The van der Waals surface area contributed by atoms with Gasteiger partial charge in [0.05, 0.1) is 0 Å². The fourth-order valence-electron chi connectivity index (χ4n) is 3.81. The maximum absolute atomic E-state index is 3.71. The van der Waals surface area contributed by atoms with Gasteiger partial charge in [-0.05, 0) is 74.1 Å². The summed E-state index contributed by atoms with van der Waals surface area (Å²) in [5.41, 5.74) is 4.78. The zero-order chi connectivity index (χ0) is 13.1. The fourth-order valence-corrected chi connectivity index (χ4v) is 3.81. The molecule has 1 saturated heterocycles. The van der Waals surface area contributed by atoms with Crippen LogP contribution in [0, 0.1) is 5.92 Å². The van der Waals surface area contributed by atoms with Gasteiger partial charge in [-0.15, -0.1) is 0 Å². The molecule has 1 aliphatic carbocycles. The topological polar surface area (TPSA) is 12.0 Å². The Morgan fingerprint density at radius 3 is 3.00 bits per heavy atom. The summed E-state index contributed by atoms with van der Waals surface area (Å²) in [5, 5.41) is 3.71. The Bertz CT molecular complexity index is 424. The Balaban J connectivity index is 1.54. The Kier molecular flexibility index (Phi) is 4.22. The normalized spacial score (nSPS) is 26.4. The van der Waals surface area contributed by atoms with Gasteiger partial charge >= 0.3 is 0 Å². The number of hydrogen-bond acceptors (Lipinski definition) is 1. The minimum atomic E-state index is 0.756. The second-order valence-corrected chi connectivity index (χ2v) is 6.44. The van der Waals surface area contributed by atoms with Gasteiger partial charge in [0.25, 0.3) is 0 Å². The molecule has 1 nitrogen and oxygen atoms in total. The largest absolute Gasteiger partial charge is 0.314 e. The van der Waals surface area contributed by atoms with Crippen LogP contribution in [0.1, 0.15) is 55.7 Å². The average molecular weight is 257 g/mol. The molecule has 3 rings (SSSR count). The van der Waals surface area contributed by atoms with Gasteiger partial charge in [-0.1, -0.05) is 31.5 Å². The quantitative estimate of drug-likeness (QED) is 0.863. The molecule has 19 heavy (non-hydrogen) atoms. The lowest BCUT2D eigenvalue weighted by molar-refractivity contribution is 0.285. The summed E-state index contributed by atoms with van der Waals surface area (Å²) in [5.74, 6) is 0.964. The van der Waals surface area contributed by atoms with E-state index in [-0.39, 0.29) is 0 Å². The average Bonchev–Trinajstić information content (AvgIpc) is 2.93. The van der Waals surface area contributed by atoms with Crippen molar-refractivity contribution in [1.82, 2.24) is 5.32 Å². The van der Waals surface area contributed by atoms with Crippen molar-refractivity contribution in [1.29, 1.82) is 0 Å². The van der Waals surface area contributed by atoms with Crippen LogP contribution in [0.3, 0.4) is 0 Å². The highest BCUT2D eigenvalue weighted by Gasteiger charge is 2.20. The van der Waals surface area contributed by atoms with E-state index < -0.39 is 0 Å². The van der Waals surface area contributed by atoms with Crippen LogP contribution >= 0.6 is 0 Å². The predicted octanol–water partition coefficient (Wildman–Crippen LogP) is 3.89. The first kappa shape index (κ1) is 13.2. The fraction of sp³-hybridized carbons (Fsp3) is 0.667. The molecule has 0 saturated carbocycles. The molecule has 1 fully saturated rings. The van der Waals surface area contributed by atoms with E-state index in [0.29, 0.717) is 0 Å². The maximum atomic E-state index is 3.71.